The molecule has 0 saturated carbocycles. The second-order valence-corrected chi connectivity index (χ2v) is 6.74. The number of piperidine rings is 1. The van der Waals surface area contributed by atoms with Crippen LogP contribution in [0, 0.1) is 11.3 Å². The first kappa shape index (κ1) is 15.0. The number of hydrogen-bond donors (Lipinski definition) is 2. The zero-order valence-corrected chi connectivity index (χ0v) is 12.8. The van der Waals surface area contributed by atoms with Crippen molar-refractivity contribution in [3.63, 3.8) is 0 Å². The van der Waals surface area contributed by atoms with Gasteiger partial charge in [0.1, 0.15) is 0 Å². The number of rotatable bonds is 3. The van der Waals surface area contributed by atoms with Crippen molar-refractivity contribution in [1.29, 1.82) is 0 Å². The molecule has 2 rings (SSSR count). The lowest BCUT2D eigenvalue weighted by Gasteiger charge is -2.34. The van der Waals surface area contributed by atoms with Gasteiger partial charge in [0.25, 0.3) is 0 Å². The first-order chi connectivity index (χ1) is 9.48. The molecule has 0 aromatic heterocycles. The van der Waals surface area contributed by atoms with Gasteiger partial charge >= 0.3 is 0 Å². The smallest absolute Gasteiger partial charge is 0.223 e. The van der Waals surface area contributed by atoms with Crippen molar-refractivity contribution in [2.24, 2.45) is 11.3 Å². The van der Waals surface area contributed by atoms with E-state index in [1.165, 1.54) is 5.56 Å². The lowest BCUT2D eigenvalue weighted by Crippen LogP contribution is -2.43. The van der Waals surface area contributed by atoms with Crippen molar-refractivity contribution in [2.45, 2.75) is 39.7 Å². The van der Waals surface area contributed by atoms with E-state index in [1.54, 1.807) is 0 Å². The maximum Gasteiger partial charge on any atom is 0.223 e. The maximum atomic E-state index is 12.5. The highest BCUT2D eigenvalue weighted by atomic mass is 16.2. The molecule has 1 saturated heterocycles. The Morgan fingerprint density at radius 3 is 2.35 bits per heavy atom. The third-order valence-electron chi connectivity index (χ3n) is 4.00. The molecule has 1 unspecified atom stereocenters. The largest absolute Gasteiger partial charge is 0.349 e. The number of hydrogen-bond acceptors (Lipinski definition) is 2. The van der Waals surface area contributed by atoms with E-state index in [9.17, 15) is 4.79 Å². The van der Waals surface area contributed by atoms with E-state index in [2.05, 4.69) is 43.5 Å². The molecule has 2 N–H and O–H groups in total. The van der Waals surface area contributed by atoms with Crippen LogP contribution in [-0.2, 0) is 4.79 Å². The quantitative estimate of drug-likeness (QED) is 0.890. The molecule has 1 fully saturated rings. The average Bonchev–Trinajstić information content (AvgIpc) is 2.45. The highest BCUT2D eigenvalue weighted by molar-refractivity contribution is 5.79. The summed E-state index contributed by atoms with van der Waals surface area (Å²) in [6.07, 6.45) is 1.88. The van der Waals surface area contributed by atoms with Crippen molar-refractivity contribution in [2.75, 3.05) is 13.1 Å². The summed E-state index contributed by atoms with van der Waals surface area (Å²) in [6, 6.07) is 10.3. The van der Waals surface area contributed by atoms with Gasteiger partial charge in [-0.05, 0) is 36.9 Å². The molecule has 1 aliphatic rings. The Labute approximate surface area is 122 Å². The fraction of sp³-hybridized carbons (Fsp3) is 0.588. The Kier molecular flexibility index (Phi) is 4.81. The van der Waals surface area contributed by atoms with Crippen molar-refractivity contribution >= 4 is 5.91 Å². The Morgan fingerprint density at radius 2 is 1.80 bits per heavy atom. The molecule has 1 atom stereocenters. The molecule has 0 radical (unpaired) electrons. The van der Waals surface area contributed by atoms with Crippen LogP contribution in [0.5, 0.6) is 0 Å². The van der Waals surface area contributed by atoms with Gasteiger partial charge in [0.15, 0.2) is 0 Å². The standard InChI is InChI=1S/C17H26N2O/c1-17(2,3)15(13-7-5-4-6-8-13)19-16(20)14-9-11-18-12-10-14/h4-8,14-15,18H,9-12H2,1-3H3,(H,19,20). The zero-order chi connectivity index (χ0) is 14.6. The first-order valence-electron chi connectivity index (χ1n) is 7.54. The summed E-state index contributed by atoms with van der Waals surface area (Å²) in [5.74, 6) is 0.361. The van der Waals surface area contributed by atoms with Crippen LogP contribution < -0.4 is 10.6 Å². The predicted molar refractivity (Wildman–Crippen MR) is 82.4 cm³/mol. The molecule has 1 aromatic rings. The Bertz CT molecular complexity index is 430. The van der Waals surface area contributed by atoms with Crippen molar-refractivity contribution in [3.05, 3.63) is 35.9 Å². The molecule has 0 spiro atoms. The maximum absolute atomic E-state index is 12.5. The van der Waals surface area contributed by atoms with Gasteiger partial charge in [-0.2, -0.15) is 0 Å². The number of carbonyl (C=O) groups excluding carboxylic acids is 1. The molecule has 110 valence electrons. The van der Waals surface area contributed by atoms with Gasteiger partial charge in [-0.3, -0.25) is 4.79 Å². The molecule has 3 heteroatoms. The monoisotopic (exact) mass is 274 g/mol. The average molecular weight is 274 g/mol. The van der Waals surface area contributed by atoms with Crippen molar-refractivity contribution in [1.82, 2.24) is 10.6 Å². The first-order valence-corrected chi connectivity index (χ1v) is 7.54. The highest BCUT2D eigenvalue weighted by Gasteiger charge is 2.30. The van der Waals surface area contributed by atoms with Gasteiger partial charge in [0, 0.05) is 5.92 Å². The second kappa shape index (κ2) is 6.40. The summed E-state index contributed by atoms with van der Waals surface area (Å²) in [6.45, 7) is 8.42. The zero-order valence-electron chi connectivity index (χ0n) is 12.8. The third-order valence-corrected chi connectivity index (χ3v) is 4.00. The van der Waals surface area contributed by atoms with E-state index in [4.69, 9.17) is 0 Å². The summed E-state index contributed by atoms with van der Waals surface area (Å²) in [5, 5.41) is 6.58. The molecule has 3 nitrogen and oxygen atoms in total. The molecular weight excluding hydrogens is 248 g/mol. The van der Waals surface area contributed by atoms with Crippen LogP contribution >= 0.6 is 0 Å². The van der Waals surface area contributed by atoms with E-state index in [-0.39, 0.29) is 23.3 Å². The SMILES string of the molecule is CC(C)(C)C(NC(=O)C1CCNCC1)c1ccccc1. The fourth-order valence-electron chi connectivity index (χ4n) is 2.79. The minimum absolute atomic E-state index is 0.00390. The molecule has 1 aliphatic heterocycles. The highest BCUT2D eigenvalue weighted by Crippen LogP contribution is 2.33. The molecule has 0 bridgehead atoms. The van der Waals surface area contributed by atoms with E-state index < -0.39 is 0 Å². The van der Waals surface area contributed by atoms with Gasteiger partial charge in [-0.25, -0.2) is 0 Å². The van der Waals surface area contributed by atoms with E-state index in [0.29, 0.717) is 0 Å². The Balaban J connectivity index is 2.10. The van der Waals surface area contributed by atoms with E-state index in [1.807, 2.05) is 18.2 Å². The number of carbonyl (C=O) groups is 1. The van der Waals surface area contributed by atoms with Gasteiger partial charge in [-0.15, -0.1) is 0 Å². The summed E-state index contributed by atoms with van der Waals surface area (Å²) >= 11 is 0. The summed E-state index contributed by atoms with van der Waals surface area (Å²) in [7, 11) is 0. The van der Waals surface area contributed by atoms with Crippen molar-refractivity contribution in [3.8, 4) is 0 Å². The summed E-state index contributed by atoms with van der Waals surface area (Å²) < 4.78 is 0. The molecule has 1 amide bonds. The van der Waals surface area contributed by atoms with Crippen LogP contribution in [-0.4, -0.2) is 19.0 Å². The molecule has 1 aromatic carbocycles. The van der Waals surface area contributed by atoms with Crippen LogP contribution in [0.4, 0.5) is 0 Å². The van der Waals surface area contributed by atoms with Gasteiger partial charge < -0.3 is 10.6 Å². The fourth-order valence-corrected chi connectivity index (χ4v) is 2.79. The third kappa shape index (κ3) is 3.83. The van der Waals surface area contributed by atoms with Crippen molar-refractivity contribution < 1.29 is 4.79 Å². The normalized spacial score (nSPS) is 18.6. The molecule has 20 heavy (non-hydrogen) atoms. The lowest BCUT2D eigenvalue weighted by atomic mass is 9.81. The predicted octanol–water partition coefficient (Wildman–Crippen LogP) is 2.89. The minimum Gasteiger partial charge on any atom is -0.349 e. The molecular formula is C17H26N2O. The number of nitrogens with one attached hydrogen (secondary N) is 2. The van der Waals surface area contributed by atoms with Crippen LogP contribution in [0.3, 0.4) is 0 Å². The van der Waals surface area contributed by atoms with Crippen LogP contribution in [0.1, 0.15) is 45.2 Å². The summed E-state index contributed by atoms with van der Waals surface area (Å²) in [5.41, 5.74) is 1.19. The Hall–Kier alpha value is -1.35. The molecule has 0 aliphatic carbocycles. The minimum atomic E-state index is 0.00390. The van der Waals surface area contributed by atoms with Gasteiger partial charge in [0.2, 0.25) is 5.91 Å². The molecule has 1 heterocycles. The van der Waals surface area contributed by atoms with Crippen LogP contribution in [0.2, 0.25) is 0 Å². The van der Waals surface area contributed by atoms with Crippen LogP contribution in [0.25, 0.3) is 0 Å². The van der Waals surface area contributed by atoms with Gasteiger partial charge in [0.05, 0.1) is 6.04 Å². The second-order valence-electron chi connectivity index (χ2n) is 6.74. The number of amides is 1. The number of benzene rings is 1. The van der Waals surface area contributed by atoms with Crippen LogP contribution in [0.15, 0.2) is 30.3 Å². The van der Waals surface area contributed by atoms with E-state index >= 15 is 0 Å². The Morgan fingerprint density at radius 1 is 1.20 bits per heavy atom. The topological polar surface area (TPSA) is 41.1 Å². The van der Waals surface area contributed by atoms with E-state index in [0.717, 1.165) is 25.9 Å². The van der Waals surface area contributed by atoms with Gasteiger partial charge in [-0.1, -0.05) is 51.1 Å². The summed E-state index contributed by atoms with van der Waals surface area (Å²) in [4.78, 5) is 12.5. The lowest BCUT2D eigenvalue weighted by molar-refractivity contribution is -0.127.